The van der Waals surface area contributed by atoms with E-state index in [4.69, 9.17) is 0 Å². The molecule has 1 heterocycles. The SMILES string of the molecule is O=C(NCC1CCC1)c1cc2ccccc2[nH]1. The first-order chi connectivity index (χ1) is 8.33. The lowest BCUT2D eigenvalue weighted by atomic mass is 9.85. The smallest absolute Gasteiger partial charge is 0.267 e. The number of aromatic amines is 1. The molecule has 0 saturated heterocycles. The first kappa shape index (κ1) is 10.4. The number of carbonyl (C=O) groups excluding carboxylic acids is 1. The Labute approximate surface area is 100 Å². The van der Waals surface area contributed by atoms with Gasteiger partial charge in [0.15, 0.2) is 0 Å². The van der Waals surface area contributed by atoms with Crippen LogP contribution in [0.1, 0.15) is 29.8 Å². The lowest BCUT2D eigenvalue weighted by Crippen LogP contribution is -2.32. The number of aromatic nitrogens is 1. The fourth-order valence-corrected chi connectivity index (χ4v) is 2.22. The molecule has 88 valence electrons. The summed E-state index contributed by atoms with van der Waals surface area (Å²) < 4.78 is 0. The maximum atomic E-state index is 11.9. The van der Waals surface area contributed by atoms with Crippen molar-refractivity contribution in [1.29, 1.82) is 0 Å². The highest BCUT2D eigenvalue weighted by molar-refractivity contribution is 5.97. The standard InChI is InChI=1S/C14H16N2O/c17-14(15-9-10-4-3-5-10)13-8-11-6-1-2-7-12(11)16-13/h1-2,6-8,10,16H,3-5,9H2,(H,15,17). The quantitative estimate of drug-likeness (QED) is 0.833. The van der Waals surface area contributed by atoms with E-state index in [2.05, 4.69) is 10.3 Å². The largest absolute Gasteiger partial charge is 0.351 e. The minimum Gasteiger partial charge on any atom is -0.351 e. The van der Waals surface area contributed by atoms with Crippen LogP contribution in [0.5, 0.6) is 0 Å². The molecule has 3 rings (SSSR count). The number of benzene rings is 1. The molecular weight excluding hydrogens is 212 g/mol. The summed E-state index contributed by atoms with van der Waals surface area (Å²) in [6.45, 7) is 0.814. The van der Waals surface area contributed by atoms with Crippen LogP contribution in [0.2, 0.25) is 0 Å². The molecule has 1 aromatic heterocycles. The first-order valence-electron chi connectivity index (χ1n) is 6.19. The predicted octanol–water partition coefficient (Wildman–Crippen LogP) is 2.70. The molecule has 0 atom stereocenters. The van der Waals surface area contributed by atoms with Gasteiger partial charge in [0, 0.05) is 17.4 Å². The minimum atomic E-state index is 0.00750. The van der Waals surface area contributed by atoms with E-state index in [9.17, 15) is 4.79 Å². The number of carbonyl (C=O) groups is 1. The molecule has 1 aromatic carbocycles. The first-order valence-corrected chi connectivity index (χ1v) is 6.19. The van der Waals surface area contributed by atoms with Crippen molar-refractivity contribution in [3.63, 3.8) is 0 Å². The second-order valence-electron chi connectivity index (χ2n) is 4.78. The summed E-state index contributed by atoms with van der Waals surface area (Å²) in [5, 5.41) is 4.08. The number of hydrogen-bond acceptors (Lipinski definition) is 1. The van der Waals surface area contributed by atoms with E-state index < -0.39 is 0 Å². The zero-order valence-electron chi connectivity index (χ0n) is 9.70. The predicted molar refractivity (Wildman–Crippen MR) is 68.0 cm³/mol. The van der Waals surface area contributed by atoms with Crippen molar-refractivity contribution < 1.29 is 4.79 Å². The van der Waals surface area contributed by atoms with Crippen LogP contribution in [0, 0.1) is 5.92 Å². The highest BCUT2D eigenvalue weighted by atomic mass is 16.1. The average Bonchev–Trinajstić information content (AvgIpc) is 2.70. The molecule has 17 heavy (non-hydrogen) atoms. The molecule has 0 radical (unpaired) electrons. The molecule has 0 aliphatic heterocycles. The van der Waals surface area contributed by atoms with Gasteiger partial charge < -0.3 is 10.3 Å². The van der Waals surface area contributed by atoms with Gasteiger partial charge in [-0.05, 0) is 30.9 Å². The zero-order chi connectivity index (χ0) is 11.7. The van der Waals surface area contributed by atoms with Gasteiger partial charge in [0.1, 0.15) is 5.69 Å². The van der Waals surface area contributed by atoms with E-state index in [1.807, 2.05) is 30.3 Å². The Bertz CT molecular complexity index is 507. The number of fused-ring (bicyclic) bond motifs is 1. The van der Waals surface area contributed by atoms with Gasteiger partial charge in [-0.15, -0.1) is 0 Å². The fourth-order valence-electron chi connectivity index (χ4n) is 2.22. The molecule has 3 heteroatoms. The molecule has 0 spiro atoms. The van der Waals surface area contributed by atoms with Crippen molar-refractivity contribution in [2.45, 2.75) is 19.3 Å². The number of hydrogen-bond donors (Lipinski definition) is 2. The summed E-state index contributed by atoms with van der Waals surface area (Å²) in [6.07, 6.45) is 3.83. The summed E-state index contributed by atoms with van der Waals surface area (Å²) in [5.41, 5.74) is 1.67. The lowest BCUT2D eigenvalue weighted by Gasteiger charge is -2.25. The number of amides is 1. The van der Waals surface area contributed by atoms with Crippen LogP contribution in [0.3, 0.4) is 0 Å². The molecule has 0 unspecified atom stereocenters. The van der Waals surface area contributed by atoms with Crippen molar-refractivity contribution >= 4 is 16.8 Å². The fraction of sp³-hybridized carbons (Fsp3) is 0.357. The molecule has 2 N–H and O–H groups in total. The van der Waals surface area contributed by atoms with Gasteiger partial charge in [-0.25, -0.2) is 0 Å². The second kappa shape index (κ2) is 4.24. The van der Waals surface area contributed by atoms with E-state index in [0.29, 0.717) is 11.6 Å². The highest BCUT2D eigenvalue weighted by Gasteiger charge is 2.18. The van der Waals surface area contributed by atoms with Crippen LogP contribution in [0.4, 0.5) is 0 Å². The van der Waals surface area contributed by atoms with Crippen molar-refractivity contribution in [1.82, 2.24) is 10.3 Å². The molecule has 2 aromatic rings. The normalized spacial score (nSPS) is 15.8. The number of H-pyrrole nitrogens is 1. The molecular formula is C14H16N2O. The van der Waals surface area contributed by atoms with E-state index in [1.165, 1.54) is 19.3 Å². The number of para-hydroxylation sites is 1. The summed E-state index contributed by atoms with van der Waals surface area (Å²) in [7, 11) is 0. The van der Waals surface area contributed by atoms with Crippen molar-refractivity contribution in [2.24, 2.45) is 5.92 Å². The summed E-state index contributed by atoms with van der Waals surface area (Å²) in [5.74, 6) is 0.705. The van der Waals surface area contributed by atoms with Crippen molar-refractivity contribution in [3.8, 4) is 0 Å². The van der Waals surface area contributed by atoms with E-state index in [1.54, 1.807) is 0 Å². The van der Waals surface area contributed by atoms with Gasteiger partial charge in [0.2, 0.25) is 0 Å². The average molecular weight is 228 g/mol. The van der Waals surface area contributed by atoms with Crippen molar-refractivity contribution in [2.75, 3.05) is 6.54 Å². The van der Waals surface area contributed by atoms with Crippen LogP contribution < -0.4 is 5.32 Å². The maximum Gasteiger partial charge on any atom is 0.267 e. The number of rotatable bonds is 3. The van der Waals surface area contributed by atoms with E-state index >= 15 is 0 Å². The third kappa shape index (κ3) is 2.05. The van der Waals surface area contributed by atoms with Crippen molar-refractivity contribution in [3.05, 3.63) is 36.0 Å². The van der Waals surface area contributed by atoms with Gasteiger partial charge in [-0.2, -0.15) is 0 Å². The monoisotopic (exact) mass is 228 g/mol. The molecule has 1 saturated carbocycles. The Morgan fingerprint density at radius 3 is 2.88 bits per heavy atom. The molecule has 0 bridgehead atoms. The number of nitrogens with one attached hydrogen (secondary N) is 2. The van der Waals surface area contributed by atoms with Gasteiger partial charge in [-0.3, -0.25) is 4.79 Å². The van der Waals surface area contributed by atoms with Gasteiger partial charge in [-0.1, -0.05) is 24.6 Å². The second-order valence-corrected chi connectivity index (χ2v) is 4.78. The van der Waals surface area contributed by atoms with Gasteiger partial charge >= 0.3 is 0 Å². The van der Waals surface area contributed by atoms with Crippen LogP contribution in [-0.2, 0) is 0 Å². The third-order valence-electron chi connectivity index (χ3n) is 3.55. The zero-order valence-corrected chi connectivity index (χ0v) is 9.70. The van der Waals surface area contributed by atoms with Gasteiger partial charge in [0.25, 0.3) is 5.91 Å². The molecule has 1 amide bonds. The third-order valence-corrected chi connectivity index (χ3v) is 3.55. The van der Waals surface area contributed by atoms with Crippen LogP contribution >= 0.6 is 0 Å². The van der Waals surface area contributed by atoms with E-state index in [0.717, 1.165) is 17.4 Å². The molecule has 1 aliphatic rings. The summed E-state index contributed by atoms with van der Waals surface area (Å²) in [6, 6.07) is 9.85. The Hall–Kier alpha value is -1.77. The van der Waals surface area contributed by atoms with Crippen LogP contribution in [-0.4, -0.2) is 17.4 Å². The Morgan fingerprint density at radius 2 is 2.18 bits per heavy atom. The Balaban J connectivity index is 1.71. The summed E-state index contributed by atoms with van der Waals surface area (Å²) >= 11 is 0. The molecule has 1 aliphatic carbocycles. The maximum absolute atomic E-state index is 11.9. The van der Waals surface area contributed by atoms with Gasteiger partial charge in [0.05, 0.1) is 0 Å². The van der Waals surface area contributed by atoms with Crippen LogP contribution in [0.25, 0.3) is 10.9 Å². The Morgan fingerprint density at radius 1 is 1.35 bits per heavy atom. The van der Waals surface area contributed by atoms with E-state index in [-0.39, 0.29) is 5.91 Å². The minimum absolute atomic E-state index is 0.00750. The lowest BCUT2D eigenvalue weighted by molar-refractivity contribution is 0.0935. The highest BCUT2D eigenvalue weighted by Crippen LogP contribution is 2.25. The summed E-state index contributed by atoms with van der Waals surface area (Å²) in [4.78, 5) is 15.1. The van der Waals surface area contributed by atoms with Crippen LogP contribution in [0.15, 0.2) is 30.3 Å². The topological polar surface area (TPSA) is 44.9 Å². The molecule has 3 nitrogen and oxygen atoms in total. The molecule has 1 fully saturated rings. The Kier molecular flexibility index (Phi) is 2.59.